The lowest BCUT2D eigenvalue weighted by Crippen LogP contribution is -2.02. The van der Waals surface area contributed by atoms with Gasteiger partial charge in [0.1, 0.15) is 6.61 Å². The zero-order valence-electron chi connectivity index (χ0n) is 18.7. The van der Waals surface area contributed by atoms with Gasteiger partial charge in [-0.1, -0.05) is 36.4 Å². The Bertz CT molecular complexity index is 1350. The highest BCUT2D eigenvalue weighted by Crippen LogP contribution is 2.29. The van der Waals surface area contributed by atoms with Gasteiger partial charge in [0.2, 0.25) is 0 Å². The van der Waals surface area contributed by atoms with E-state index in [0.29, 0.717) is 18.1 Å². The molecule has 6 nitrogen and oxygen atoms in total. The normalized spacial score (nSPS) is 11.3. The van der Waals surface area contributed by atoms with E-state index >= 15 is 0 Å². The summed E-state index contributed by atoms with van der Waals surface area (Å²) in [5.41, 5.74) is 3.47. The van der Waals surface area contributed by atoms with Crippen molar-refractivity contribution in [2.45, 2.75) is 13.0 Å². The largest absolute Gasteiger partial charge is 0.493 e. The van der Waals surface area contributed by atoms with Gasteiger partial charge < -0.3 is 14.5 Å². The van der Waals surface area contributed by atoms with Crippen molar-refractivity contribution in [1.29, 1.82) is 0 Å². The van der Waals surface area contributed by atoms with Gasteiger partial charge >= 0.3 is 0 Å². The molecule has 0 aliphatic carbocycles. The van der Waals surface area contributed by atoms with Crippen LogP contribution < -0.4 is 9.47 Å². The van der Waals surface area contributed by atoms with Crippen LogP contribution in [0.25, 0.3) is 23.1 Å². The molecule has 0 atom stereocenters. The number of carbonyl (C=O) groups excluding carboxylic acids is 2. The van der Waals surface area contributed by atoms with E-state index in [4.69, 9.17) is 9.47 Å². The first-order valence-electron chi connectivity index (χ1n) is 10.8. The van der Waals surface area contributed by atoms with Crippen molar-refractivity contribution < 1.29 is 19.1 Å². The lowest BCUT2D eigenvalue weighted by atomic mass is 10.1. The number of allylic oxidation sites excluding steroid dienone is 2. The van der Waals surface area contributed by atoms with Gasteiger partial charge in [-0.25, -0.2) is 0 Å². The number of aromatic amines is 1. The van der Waals surface area contributed by atoms with Gasteiger partial charge in [0.05, 0.1) is 19.2 Å². The highest BCUT2D eigenvalue weighted by molar-refractivity contribution is 6.11. The molecule has 2 aromatic heterocycles. The summed E-state index contributed by atoms with van der Waals surface area (Å²) in [6.45, 7) is 0.319. The Morgan fingerprint density at radius 2 is 1.74 bits per heavy atom. The quantitative estimate of drug-likeness (QED) is 0.257. The minimum absolute atomic E-state index is 0.197. The van der Waals surface area contributed by atoms with Gasteiger partial charge in [-0.15, -0.1) is 0 Å². The van der Waals surface area contributed by atoms with Crippen LogP contribution in [0.5, 0.6) is 11.5 Å². The Balaban J connectivity index is 1.34. The lowest BCUT2D eigenvalue weighted by molar-refractivity contribution is -0.121. The first kappa shape index (κ1) is 22.7. The molecule has 0 unspecified atom stereocenters. The van der Waals surface area contributed by atoms with Crippen LogP contribution in [0.15, 0.2) is 85.2 Å². The first-order valence-corrected chi connectivity index (χ1v) is 10.8. The van der Waals surface area contributed by atoms with E-state index in [0.717, 1.165) is 27.7 Å². The number of ketones is 2. The summed E-state index contributed by atoms with van der Waals surface area (Å²) in [7, 11) is 1.56. The van der Waals surface area contributed by atoms with Crippen molar-refractivity contribution in [1.82, 2.24) is 9.97 Å². The average Bonchev–Trinajstić information content (AvgIpc) is 3.29. The zero-order chi connectivity index (χ0) is 23.8. The number of fused-ring (bicyclic) bond motifs is 1. The van der Waals surface area contributed by atoms with E-state index < -0.39 is 0 Å². The van der Waals surface area contributed by atoms with Crippen LogP contribution in [-0.2, 0) is 16.2 Å². The Morgan fingerprint density at radius 3 is 2.53 bits per heavy atom. The van der Waals surface area contributed by atoms with Crippen LogP contribution in [0.4, 0.5) is 0 Å². The fourth-order valence-electron chi connectivity index (χ4n) is 3.44. The molecule has 2 aromatic carbocycles. The molecule has 0 bridgehead atoms. The Labute approximate surface area is 197 Å². The summed E-state index contributed by atoms with van der Waals surface area (Å²) >= 11 is 0. The highest BCUT2D eigenvalue weighted by atomic mass is 16.5. The van der Waals surface area contributed by atoms with E-state index in [2.05, 4.69) is 9.97 Å². The summed E-state index contributed by atoms with van der Waals surface area (Å²) in [5, 5.41) is 1.03. The van der Waals surface area contributed by atoms with Crippen LogP contribution in [0, 0.1) is 0 Å². The molecule has 2 heterocycles. The molecule has 0 aliphatic rings. The number of nitrogens with zero attached hydrogens (tertiary/aromatic N) is 1. The van der Waals surface area contributed by atoms with Crippen LogP contribution in [0.3, 0.4) is 0 Å². The maximum absolute atomic E-state index is 12.3. The number of H-pyrrole nitrogens is 1. The third-order valence-corrected chi connectivity index (χ3v) is 5.17. The molecular weight excluding hydrogens is 428 g/mol. The number of para-hydroxylation sites is 1. The van der Waals surface area contributed by atoms with Crippen LogP contribution >= 0.6 is 0 Å². The van der Waals surface area contributed by atoms with Gasteiger partial charge in [0, 0.05) is 23.3 Å². The Morgan fingerprint density at radius 1 is 0.941 bits per heavy atom. The van der Waals surface area contributed by atoms with E-state index in [9.17, 15) is 9.59 Å². The smallest absolute Gasteiger partial charge is 0.163 e. The predicted molar refractivity (Wildman–Crippen MR) is 133 cm³/mol. The third-order valence-electron chi connectivity index (χ3n) is 5.17. The standard InChI is InChI=1S/C28H24N2O4/c1-33-28-16-20(10-14-27(28)34-19-22-6-4-5-15-29-22)9-12-23(31)17-24(32)13-11-21-18-30-26-8-3-2-7-25(21)26/h2-16,18,30H,17,19H2,1H3. The average molecular weight is 453 g/mol. The molecule has 4 rings (SSSR count). The topological polar surface area (TPSA) is 81.3 Å². The Kier molecular flexibility index (Phi) is 7.30. The Hall–Kier alpha value is -4.45. The van der Waals surface area contributed by atoms with Crippen molar-refractivity contribution in [3.05, 3.63) is 102 Å². The van der Waals surface area contributed by atoms with Crippen molar-refractivity contribution in [3.63, 3.8) is 0 Å². The molecular formula is C28H24N2O4. The second-order valence-corrected chi connectivity index (χ2v) is 7.59. The number of pyridine rings is 1. The summed E-state index contributed by atoms with van der Waals surface area (Å²) in [6.07, 6.45) is 9.59. The molecule has 0 spiro atoms. The van der Waals surface area contributed by atoms with Crippen molar-refractivity contribution in [2.75, 3.05) is 7.11 Å². The van der Waals surface area contributed by atoms with Gasteiger partial charge in [0.15, 0.2) is 23.1 Å². The molecule has 4 aromatic rings. The molecule has 6 heteroatoms. The van der Waals surface area contributed by atoms with Crippen molar-refractivity contribution in [3.8, 4) is 11.5 Å². The number of hydrogen-bond acceptors (Lipinski definition) is 5. The van der Waals surface area contributed by atoms with Crippen LogP contribution in [-0.4, -0.2) is 28.6 Å². The number of carbonyl (C=O) groups is 2. The van der Waals surface area contributed by atoms with Crippen LogP contribution in [0.2, 0.25) is 0 Å². The molecule has 0 radical (unpaired) electrons. The van der Waals surface area contributed by atoms with E-state index in [1.165, 1.54) is 12.2 Å². The second-order valence-electron chi connectivity index (χ2n) is 7.59. The maximum Gasteiger partial charge on any atom is 0.163 e. The summed E-state index contributed by atoms with van der Waals surface area (Å²) < 4.78 is 11.2. The third kappa shape index (κ3) is 5.86. The number of nitrogens with one attached hydrogen (secondary N) is 1. The molecule has 1 N–H and O–H groups in total. The number of hydrogen-bond donors (Lipinski definition) is 1. The summed E-state index contributed by atoms with van der Waals surface area (Å²) in [5.74, 6) is 0.594. The van der Waals surface area contributed by atoms with Gasteiger partial charge in [-0.05, 0) is 59.7 Å². The maximum atomic E-state index is 12.3. The molecule has 0 fully saturated rings. The first-order chi connectivity index (χ1) is 16.6. The molecule has 34 heavy (non-hydrogen) atoms. The van der Waals surface area contributed by atoms with Crippen molar-refractivity contribution >= 4 is 34.6 Å². The van der Waals surface area contributed by atoms with Gasteiger partial charge in [-0.2, -0.15) is 0 Å². The van der Waals surface area contributed by atoms with E-state index in [1.54, 1.807) is 37.6 Å². The number of benzene rings is 2. The highest BCUT2D eigenvalue weighted by Gasteiger charge is 2.08. The number of ether oxygens (including phenoxy) is 2. The SMILES string of the molecule is COc1cc(C=CC(=O)CC(=O)C=Cc2c[nH]c3ccccc23)ccc1OCc1ccccn1. The molecule has 0 aliphatic heterocycles. The number of methoxy groups -OCH3 is 1. The van der Waals surface area contributed by atoms with E-state index in [-0.39, 0.29) is 18.0 Å². The number of aromatic nitrogens is 2. The summed E-state index contributed by atoms with van der Waals surface area (Å²) in [4.78, 5) is 31.9. The van der Waals surface area contributed by atoms with Gasteiger partial charge in [-0.3, -0.25) is 14.6 Å². The minimum atomic E-state index is -0.275. The number of rotatable bonds is 10. The fourth-order valence-corrected chi connectivity index (χ4v) is 3.44. The monoisotopic (exact) mass is 452 g/mol. The fraction of sp³-hybridized carbons (Fsp3) is 0.107. The second kappa shape index (κ2) is 10.9. The molecule has 0 amide bonds. The van der Waals surface area contributed by atoms with E-state index in [1.807, 2.05) is 54.7 Å². The van der Waals surface area contributed by atoms with Crippen LogP contribution in [0.1, 0.15) is 23.2 Å². The minimum Gasteiger partial charge on any atom is -0.493 e. The molecule has 170 valence electrons. The zero-order valence-corrected chi connectivity index (χ0v) is 18.7. The lowest BCUT2D eigenvalue weighted by Gasteiger charge is -2.11. The van der Waals surface area contributed by atoms with Crippen molar-refractivity contribution in [2.24, 2.45) is 0 Å². The summed E-state index contributed by atoms with van der Waals surface area (Å²) in [6, 6.07) is 18.8. The molecule has 0 saturated heterocycles. The molecule has 0 saturated carbocycles. The van der Waals surface area contributed by atoms with Gasteiger partial charge in [0.25, 0.3) is 0 Å². The predicted octanol–water partition coefficient (Wildman–Crippen LogP) is 5.41.